The van der Waals surface area contributed by atoms with Gasteiger partial charge < -0.3 is 4.23 Å². The molecular formula is C26H54Cl3NOSi2. The van der Waals surface area contributed by atoms with Gasteiger partial charge in [-0.2, -0.15) is 0 Å². The van der Waals surface area contributed by atoms with Crippen molar-refractivity contribution in [2.45, 2.75) is 159 Å². The molecule has 198 valence electrons. The fourth-order valence-corrected chi connectivity index (χ4v) is 22.3. The lowest BCUT2D eigenvalue weighted by Crippen LogP contribution is -2.70. The van der Waals surface area contributed by atoms with Crippen molar-refractivity contribution in [1.29, 1.82) is 0 Å². The molecule has 0 fully saturated rings. The summed E-state index contributed by atoms with van der Waals surface area (Å²) in [6, 6.07) is 7.05. The van der Waals surface area contributed by atoms with E-state index >= 15 is 0 Å². The van der Waals surface area contributed by atoms with Gasteiger partial charge in [0.05, 0.1) is 0 Å². The molecule has 0 spiro atoms. The fourth-order valence-electron chi connectivity index (χ4n) is 5.52. The zero-order valence-electron chi connectivity index (χ0n) is 22.7. The lowest BCUT2D eigenvalue weighted by molar-refractivity contribution is -0.123. The number of hydrogen-bond donors (Lipinski definition) is 0. The van der Waals surface area contributed by atoms with E-state index in [1.54, 1.807) is 0 Å². The molecule has 7 heteroatoms. The molecule has 0 saturated carbocycles. The molecule has 1 amide bonds. The van der Waals surface area contributed by atoms with Gasteiger partial charge in [-0.05, 0) is 36.3 Å². The Bertz CT molecular complexity index is 439. The molecule has 33 heavy (non-hydrogen) atoms. The van der Waals surface area contributed by atoms with E-state index in [0.717, 1.165) is 38.5 Å². The van der Waals surface area contributed by atoms with E-state index in [0.29, 0.717) is 0 Å². The minimum Gasteiger partial charge on any atom is -0.391 e. The van der Waals surface area contributed by atoms with Crippen LogP contribution in [0.25, 0.3) is 0 Å². The summed E-state index contributed by atoms with van der Waals surface area (Å²) < 4.78 is 0.654. The quantitative estimate of drug-likeness (QED) is 0.107. The minimum atomic E-state index is -2.15. The van der Waals surface area contributed by atoms with E-state index in [9.17, 15) is 4.79 Å². The van der Waals surface area contributed by atoms with Crippen LogP contribution in [0, 0.1) is 0 Å². The van der Waals surface area contributed by atoms with Crippen molar-refractivity contribution in [2.75, 3.05) is 0 Å². The van der Waals surface area contributed by atoms with Gasteiger partial charge in [0.1, 0.15) is 0 Å². The first-order chi connectivity index (χ1) is 15.6. The number of hydrogen-bond acceptors (Lipinski definition) is 1. The van der Waals surface area contributed by atoms with Gasteiger partial charge in [-0.3, -0.25) is 4.79 Å². The maximum Gasteiger partial charge on any atom is 0.267 e. The number of alkyl halides is 3. The van der Waals surface area contributed by atoms with Crippen LogP contribution < -0.4 is 0 Å². The van der Waals surface area contributed by atoms with Crippen LogP contribution in [0.4, 0.5) is 0 Å². The third-order valence-corrected chi connectivity index (χ3v) is 20.7. The summed E-state index contributed by atoms with van der Waals surface area (Å²) in [5.74, 6) is -0.155. The van der Waals surface area contributed by atoms with Gasteiger partial charge in [0.2, 0.25) is 0 Å². The maximum atomic E-state index is 14.2. The van der Waals surface area contributed by atoms with Gasteiger partial charge >= 0.3 is 0 Å². The summed E-state index contributed by atoms with van der Waals surface area (Å²) >= 11 is 19.4. The zero-order chi connectivity index (χ0) is 25.4. The predicted octanol–water partition coefficient (Wildman–Crippen LogP) is 10.9. The molecule has 0 radical (unpaired) electrons. The second-order valence-electron chi connectivity index (χ2n) is 10.2. The van der Waals surface area contributed by atoms with Crippen molar-refractivity contribution in [2.24, 2.45) is 0 Å². The van der Waals surface area contributed by atoms with Crippen LogP contribution in [0.1, 0.15) is 119 Å². The fraction of sp³-hybridized carbons (Fsp3) is 0.962. The predicted molar refractivity (Wildman–Crippen MR) is 157 cm³/mol. The SMILES string of the molecule is CCCC[Si](CCCC)(CCCC)N(C(=O)C(Cl)(Cl)Cl)[Si](CCCC)(CCCC)CCCC. The average Bonchev–Trinajstić information content (AvgIpc) is 2.79. The Kier molecular flexibility index (Phi) is 18.5. The molecular weight excluding hydrogens is 505 g/mol. The lowest BCUT2D eigenvalue weighted by atomic mass is 10.4. The number of nitrogens with zero attached hydrogens (tertiary/aromatic N) is 1. The van der Waals surface area contributed by atoms with Gasteiger partial charge in [0, 0.05) is 0 Å². The van der Waals surface area contributed by atoms with Gasteiger partial charge in [0.15, 0.2) is 16.5 Å². The van der Waals surface area contributed by atoms with Crippen LogP contribution in [-0.2, 0) is 4.79 Å². The van der Waals surface area contributed by atoms with E-state index in [1.165, 1.54) is 74.8 Å². The number of amides is 1. The molecule has 0 N–H and O–H groups in total. The first kappa shape index (κ1) is 33.8. The van der Waals surface area contributed by atoms with Gasteiger partial charge in [-0.15, -0.1) is 0 Å². The van der Waals surface area contributed by atoms with Crippen molar-refractivity contribution in [1.82, 2.24) is 4.23 Å². The van der Waals surface area contributed by atoms with E-state index in [1.807, 2.05) is 0 Å². The Balaban J connectivity index is 7.02. The number of rotatable bonds is 20. The molecule has 0 aromatic carbocycles. The van der Waals surface area contributed by atoms with Crippen molar-refractivity contribution >= 4 is 57.2 Å². The highest BCUT2D eigenvalue weighted by atomic mass is 35.6. The van der Waals surface area contributed by atoms with Gasteiger partial charge in [0.25, 0.3) is 9.70 Å². The molecule has 0 rings (SSSR count). The van der Waals surface area contributed by atoms with Crippen LogP contribution in [0.2, 0.25) is 36.3 Å². The Hall–Kier alpha value is 0.774. The summed E-state index contributed by atoms with van der Waals surface area (Å²) in [4.78, 5) is 14.2. The van der Waals surface area contributed by atoms with Crippen LogP contribution >= 0.6 is 34.8 Å². The van der Waals surface area contributed by atoms with E-state index < -0.39 is 20.3 Å². The Morgan fingerprint density at radius 3 is 0.909 bits per heavy atom. The number of carbonyl (C=O) groups excluding carboxylic acids is 1. The third-order valence-electron chi connectivity index (χ3n) is 7.37. The molecule has 0 heterocycles. The monoisotopic (exact) mass is 557 g/mol. The summed E-state index contributed by atoms with van der Waals surface area (Å²) in [6.07, 6.45) is 14.1. The van der Waals surface area contributed by atoms with Gasteiger partial charge in [-0.25, -0.2) is 0 Å². The molecule has 2 nitrogen and oxygen atoms in total. The first-order valence-corrected chi connectivity index (χ1v) is 20.3. The molecule has 0 bridgehead atoms. The lowest BCUT2D eigenvalue weighted by Gasteiger charge is -2.55. The highest BCUT2D eigenvalue weighted by Gasteiger charge is 2.55. The Morgan fingerprint density at radius 1 is 0.545 bits per heavy atom. The Morgan fingerprint density at radius 2 is 0.758 bits per heavy atom. The van der Waals surface area contributed by atoms with E-state index in [4.69, 9.17) is 34.8 Å². The largest absolute Gasteiger partial charge is 0.391 e. The average molecular weight is 559 g/mol. The molecule has 0 unspecified atom stereocenters. The minimum absolute atomic E-state index is 0.155. The second kappa shape index (κ2) is 18.1. The van der Waals surface area contributed by atoms with Crippen molar-refractivity contribution < 1.29 is 4.79 Å². The molecule has 0 aliphatic heterocycles. The van der Waals surface area contributed by atoms with Crippen molar-refractivity contribution in [3.63, 3.8) is 0 Å². The molecule has 0 saturated heterocycles. The number of unbranched alkanes of at least 4 members (excludes halogenated alkanes) is 6. The zero-order valence-corrected chi connectivity index (χ0v) is 27.0. The maximum absolute atomic E-state index is 14.2. The number of halogens is 3. The topological polar surface area (TPSA) is 20.3 Å². The third kappa shape index (κ3) is 11.1. The van der Waals surface area contributed by atoms with Crippen LogP contribution in [0.5, 0.6) is 0 Å². The second-order valence-corrected chi connectivity index (χ2v) is 21.7. The molecule has 0 aliphatic carbocycles. The standard InChI is InChI=1S/C26H54Cl3NOSi2/c1-7-13-19-32(20-14-8-2,21-15-9-3)30(25(31)26(27,28)29)33(22-16-10-4,23-17-11-5)24-18-12-6/h7-24H2,1-6H3. The van der Waals surface area contributed by atoms with Crippen LogP contribution in [-0.4, -0.2) is 30.4 Å². The summed E-state index contributed by atoms with van der Waals surface area (Å²) in [6.45, 7) is 13.6. The molecule has 0 atom stereocenters. The summed E-state index contributed by atoms with van der Waals surface area (Å²) in [7, 11) is -4.31. The smallest absolute Gasteiger partial charge is 0.267 e. The highest BCUT2D eigenvalue weighted by molar-refractivity contribution is 6.97. The van der Waals surface area contributed by atoms with Crippen molar-refractivity contribution in [3.8, 4) is 0 Å². The van der Waals surface area contributed by atoms with Crippen LogP contribution in [0.15, 0.2) is 0 Å². The highest BCUT2D eigenvalue weighted by Crippen LogP contribution is 2.45. The Labute approximate surface area is 224 Å². The summed E-state index contributed by atoms with van der Waals surface area (Å²) in [5, 5.41) is 0. The normalized spacial score (nSPS) is 12.9. The van der Waals surface area contributed by atoms with E-state index in [-0.39, 0.29) is 5.91 Å². The summed E-state index contributed by atoms with van der Waals surface area (Å²) in [5.41, 5.74) is 0. The number of carbonyl (C=O) groups is 1. The van der Waals surface area contributed by atoms with Gasteiger partial charge in [-0.1, -0.05) is 153 Å². The van der Waals surface area contributed by atoms with E-state index in [2.05, 4.69) is 45.8 Å². The molecule has 0 aromatic heterocycles. The molecule has 0 aromatic rings. The van der Waals surface area contributed by atoms with Crippen LogP contribution in [0.3, 0.4) is 0 Å². The first-order valence-electron chi connectivity index (χ1n) is 14.1. The molecule has 0 aliphatic rings. The van der Waals surface area contributed by atoms with Crippen molar-refractivity contribution in [3.05, 3.63) is 0 Å².